The van der Waals surface area contributed by atoms with Crippen molar-refractivity contribution >= 4 is 23.5 Å². The molecule has 0 saturated heterocycles. The van der Waals surface area contributed by atoms with Crippen LogP contribution < -0.4 is 0 Å². The summed E-state index contributed by atoms with van der Waals surface area (Å²) in [7, 11) is 1.17. The van der Waals surface area contributed by atoms with E-state index < -0.39 is 29.2 Å². The van der Waals surface area contributed by atoms with Gasteiger partial charge in [-0.3, -0.25) is 0 Å². The summed E-state index contributed by atoms with van der Waals surface area (Å²) in [6.07, 6.45) is -4.70. The van der Waals surface area contributed by atoms with Gasteiger partial charge in [-0.2, -0.15) is 13.2 Å². The minimum Gasteiger partial charge on any atom is -0.478 e. The lowest BCUT2D eigenvalue weighted by Gasteiger charge is -2.12. The van der Waals surface area contributed by atoms with E-state index in [4.69, 9.17) is 16.7 Å². The summed E-state index contributed by atoms with van der Waals surface area (Å²) in [6, 6.07) is 6.39. The number of carboxylic acid groups (broad SMARTS) is 1. The summed E-state index contributed by atoms with van der Waals surface area (Å²) in [5.41, 5.74) is -1.30. The van der Waals surface area contributed by atoms with Gasteiger partial charge in [0.25, 0.3) is 0 Å². The third kappa shape index (κ3) is 3.68. The molecule has 24 heavy (non-hydrogen) atoms. The standard InChI is InChI=1S/C16H10ClF3O4/c1-24-15(23)12-3-2-8(7-13(12)17)9-4-10(14(21)22)6-11(5-9)16(18,19)20/h2-7H,1H3,(H,21,22). The molecule has 0 spiro atoms. The zero-order valence-electron chi connectivity index (χ0n) is 12.1. The van der Waals surface area contributed by atoms with Crippen molar-refractivity contribution in [2.75, 3.05) is 7.11 Å². The summed E-state index contributed by atoms with van der Waals surface area (Å²) in [4.78, 5) is 22.5. The van der Waals surface area contributed by atoms with Crippen LogP contribution >= 0.6 is 11.6 Å². The fraction of sp³-hybridized carbons (Fsp3) is 0.125. The molecule has 0 aliphatic rings. The number of aromatic carboxylic acids is 1. The fourth-order valence-electron chi connectivity index (χ4n) is 2.05. The molecule has 0 unspecified atom stereocenters. The Morgan fingerprint density at radius 1 is 1.08 bits per heavy atom. The molecule has 0 bridgehead atoms. The van der Waals surface area contributed by atoms with Gasteiger partial charge in [0.05, 0.1) is 28.8 Å². The van der Waals surface area contributed by atoms with Crippen LogP contribution in [-0.4, -0.2) is 24.2 Å². The number of hydrogen-bond acceptors (Lipinski definition) is 3. The van der Waals surface area contributed by atoms with Crippen LogP contribution in [0, 0.1) is 0 Å². The predicted octanol–water partition coefficient (Wildman–Crippen LogP) is 4.51. The normalized spacial score (nSPS) is 11.2. The van der Waals surface area contributed by atoms with Crippen molar-refractivity contribution in [1.82, 2.24) is 0 Å². The number of methoxy groups -OCH3 is 1. The number of carbonyl (C=O) groups excluding carboxylic acids is 1. The average molecular weight is 359 g/mol. The number of ether oxygens (including phenoxy) is 1. The van der Waals surface area contributed by atoms with Crippen molar-refractivity contribution in [3.63, 3.8) is 0 Å². The van der Waals surface area contributed by atoms with Crippen molar-refractivity contribution in [1.29, 1.82) is 0 Å². The van der Waals surface area contributed by atoms with Crippen LogP contribution in [0.15, 0.2) is 36.4 Å². The topological polar surface area (TPSA) is 63.6 Å². The van der Waals surface area contributed by atoms with Crippen LogP contribution in [-0.2, 0) is 10.9 Å². The summed E-state index contributed by atoms with van der Waals surface area (Å²) in [5, 5.41) is 8.98. The Morgan fingerprint density at radius 2 is 1.75 bits per heavy atom. The number of carboxylic acids is 1. The Kier molecular flexibility index (Phi) is 4.84. The maximum Gasteiger partial charge on any atom is 0.416 e. The first-order valence-electron chi connectivity index (χ1n) is 6.47. The van der Waals surface area contributed by atoms with Gasteiger partial charge in [-0.25, -0.2) is 9.59 Å². The van der Waals surface area contributed by atoms with Gasteiger partial charge in [-0.05, 0) is 41.5 Å². The zero-order valence-corrected chi connectivity index (χ0v) is 12.9. The van der Waals surface area contributed by atoms with Gasteiger partial charge < -0.3 is 9.84 Å². The van der Waals surface area contributed by atoms with Gasteiger partial charge in [0, 0.05) is 0 Å². The smallest absolute Gasteiger partial charge is 0.416 e. The molecule has 0 saturated carbocycles. The summed E-state index contributed by atoms with van der Waals surface area (Å²) in [5.74, 6) is -2.18. The first-order valence-corrected chi connectivity index (χ1v) is 6.85. The zero-order chi connectivity index (χ0) is 18.1. The van der Waals surface area contributed by atoms with Crippen molar-refractivity contribution in [2.45, 2.75) is 6.18 Å². The molecule has 0 aliphatic heterocycles. The van der Waals surface area contributed by atoms with Crippen molar-refractivity contribution < 1.29 is 32.6 Å². The fourth-order valence-corrected chi connectivity index (χ4v) is 2.31. The van der Waals surface area contributed by atoms with E-state index in [1.165, 1.54) is 25.3 Å². The largest absolute Gasteiger partial charge is 0.478 e. The minimum absolute atomic E-state index is 0.0144. The van der Waals surface area contributed by atoms with Crippen LogP contribution in [0.3, 0.4) is 0 Å². The van der Waals surface area contributed by atoms with Crippen LogP contribution in [0.4, 0.5) is 13.2 Å². The number of esters is 1. The maximum atomic E-state index is 12.9. The second-order valence-electron chi connectivity index (χ2n) is 4.79. The highest BCUT2D eigenvalue weighted by Gasteiger charge is 2.32. The van der Waals surface area contributed by atoms with Crippen molar-refractivity contribution in [2.24, 2.45) is 0 Å². The Bertz CT molecular complexity index is 815. The minimum atomic E-state index is -4.70. The quantitative estimate of drug-likeness (QED) is 0.820. The second kappa shape index (κ2) is 6.52. The third-order valence-corrected chi connectivity index (χ3v) is 3.53. The van der Waals surface area contributed by atoms with E-state index in [1.807, 2.05) is 0 Å². The SMILES string of the molecule is COC(=O)c1ccc(-c2cc(C(=O)O)cc(C(F)(F)F)c2)cc1Cl. The lowest BCUT2D eigenvalue weighted by atomic mass is 9.98. The van der Waals surface area contributed by atoms with E-state index in [-0.39, 0.29) is 21.7 Å². The summed E-state index contributed by atoms with van der Waals surface area (Å²) >= 11 is 5.95. The summed E-state index contributed by atoms with van der Waals surface area (Å²) < 4.78 is 43.4. The van der Waals surface area contributed by atoms with E-state index in [0.717, 1.165) is 12.1 Å². The molecule has 2 rings (SSSR count). The molecule has 1 N–H and O–H groups in total. The number of alkyl halides is 3. The molecule has 0 aromatic heterocycles. The van der Waals surface area contributed by atoms with Gasteiger partial charge >= 0.3 is 18.1 Å². The van der Waals surface area contributed by atoms with E-state index in [2.05, 4.69) is 4.74 Å². The number of benzene rings is 2. The first kappa shape index (κ1) is 17.8. The predicted molar refractivity (Wildman–Crippen MR) is 80.2 cm³/mol. The van der Waals surface area contributed by atoms with E-state index in [1.54, 1.807) is 0 Å². The van der Waals surface area contributed by atoms with Crippen molar-refractivity contribution in [3.05, 3.63) is 58.1 Å². The molecule has 0 radical (unpaired) electrons. The number of hydrogen-bond donors (Lipinski definition) is 1. The Hall–Kier alpha value is -2.54. The molecular formula is C16H10ClF3O4. The van der Waals surface area contributed by atoms with Gasteiger partial charge in [-0.15, -0.1) is 0 Å². The van der Waals surface area contributed by atoms with Gasteiger partial charge in [0.1, 0.15) is 0 Å². The molecule has 0 atom stereocenters. The average Bonchev–Trinajstić information content (AvgIpc) is 2.52. The van der Waals surface area contributed by atoms with Crippen LogP contribution in [0.1, 0.15) is 26.3 Å². The molecule has 0 heterocycles. The molecule has 8 heteroatoms. The molecule has 4 nitrogen and oxygen atoms in total. The van der Waals surface area contributed by atoms with Crippen molar-refractivity contribution in [3.8, 4) is 11.1 Å². The van der Waals surface area contributed by atoms with E-state index >= 15 is 0 Å². The maximum absolute atomic E-state index is 12.9. The molecule has 2 aromatic carbocycles. The molecule has 0 amide bonds. The van der Waals surface area contributed by atoms with Crippen LogP contribution in [0.25, 0.3) is 11.1 Å². The number of rotatable bonds is 3. The first-order chi connectivity index (χ1) is 11.1. The van der Waals surface area contributed by atoms with Crippen LogP contribution in [0.5, 0.6) is 0 Å². The monoisotopic (exact) mass is 358 g/mol. The lowest BCUT2D eigenvalue weighted by molar-refractivity contribution is -0.137. The third-order valence-electron chi connectivity index (χ3n) is 3.22. The highest BCUT2D eigenvalue weighted by atomic mass is 35.5. The van der Waals surface area contributed by atoms with Crippen LogP contribution in [0.2, 0.25) is 5.02 Å². The van der Waals surface area contributed by atoms with Gasteiger partial charge in [0.15, 0.2) is 0 Å². The molecule has 0 fully saturated rings. The lowest BCUT2D eigenvalue weighted by Crippen LogP contribution is -2.08. The summed E-state index contributed by atoms with van der Waals surface area (Å²) in [6.45, 7) is 0. The van der Waals surface area contributed by atoms with Gasteiger partial charge in [0.2, 0.25) is 0 Å². The highest BCUT2D eigenvalue weighted by Crippen LogP contribution is 2.34. The Labute approximate surface area is 139 Å². The second-order valence-corrected chi connectivity index (χ2v) is 5.20. The molecular weight excluding hydrogens is 349 g/mol. The molecule has 0 aliphatic carbocycles. The Balaban J connectivity index is 2.59. The molecule has 2 aromatic rings. The number of halogens is 4. The van der Waals surface area contributed by atoms with Gasteiger partial charge in [-0.1, -0.05) is 17.7 Å². The highest BCUT2D eigenvalue weighted by molar-refractivity contribution is 6.33. The number of carbonyl (C=O) groups is 2. The van der Waals surface area contributed by atoms with E-state index in [0.29, 0.717) is 6.07 Å². The van der Waals surface area contributed by atoms with E-state index in [9.17, 15) is 22.8 Å². The Morgan fingerprint density at radius 3 is 2.25 bits per heavy atom. The molecule has 126 valence electrons.